The van der Waals surface area contributed by atoms with Gasteiger partial charge in [-0.1, -0.05) is 23.7 Å². The molecule has 5 rings (SSSR count). The van der Waals surface area contributed by atoms with Crippen molar-refractivity contribution in [3.05, 3.63) is 63.7 Å². The molecule has 1 fully saturated rings. The molecule has 1 saturated carbocycles. The summed E-state index contributed by atoms with van der Waals surface area (Å²) in [4.78, 5) is 33.6. The first-order valence-electron chi connectivity index (χ1n) is 14.0. The lowest BCUT2D eigenvalue weighted by atomic mass is 9.89. The van der Waals surface area contributed by atoms with Crippen LogP contribution in [-0.4, -0.2) is 70.2 Å². The standard InChI is InChI=1S/C29H34ClFN8O3S.ClH/c1-16(2)39-27-22(15-32-29(36-27)34-18-10-12-23(38(4)5)21(31)14-18)35-26(28(39)40)19-11-13-25(33-17(19)3)37-43(41,42)24-9-7-6-8-20(24)30;/h6-9,11,13,15-16,18,21,23H,10,12,14H2,1-5H3,(H,33,37)(H,32,34,36);1H. The molecular weight excluding hydrogens is 630 g/mol. The number of benzene rings is 1. The predicted octanol–water partition coefficient (Wildman–Crippen LogP) is 5.25. The van der Waals surface area contributed by atoms with Gasteiger partial charge in [0.05, 0.1) is 11.2 Å². The van der Waals surface area contributed by atoms with Crippen LogP contribution in [-0.2, 0) is 10.0 Å². The summed E-state index contributed by atoms with van der Waals surface area (Å²) < 4.78 is 44.5. The number of nitrogens with one attached hydrogen (secondary N) is 2. The van der Waals surface area contributed by atoms with Gasteiger partial charge in [-0.05, 0) is 72.0 Å². The van der Waals surface area contributed by atoms with Gasteiger partial charge in [0.25, 0.3) is 15.6 Å². The van der Waals surface area contributed by atoms with Crippen LogP contribution in [0.2, 0.25) is 5.02 Å². The van der Waals surface area contributed by atoms with Crippen molar-refractivity contribution >= 4 is 57.0 Å². The predicted molar refractivity (Wildman–Crippen MR) is 173 cm³/mol. The fraction of sp³-hybridized carbons (Fsp3) is 0.414. The summed E-state index contributed by atoms with van der Waals surface area (Å²) in [6.07, 6.45) is 2.41. The number of anilines is 2. The molecule has 11 nitrogen and oxygen atoms in total. The minimum absolute atomic E-state index is 0. The Labute approximate surface area is 266 Å². The summed E-state index contributed by atoms with van der Waals surface area (Å²) in [7, 11) is -0.212. The minimum Gasteiger partial charge on any atom is -0.351 e. The second kappa shape index (κ2) is 13.3. The lowest BCUT2D eigenvalue weighted by Crippen LogP contribution is -2.44. The van der Waals surface area contributed by atoms with Gasteiger partial charge in [-0.15, -0.1) is 12.4 Å². The highest BCUT2D eigenvalue weighted by atomic mass is 35.5. The molecule has 15 heteroatoms. The molecule has 0 amide bonds. The maximum absolute atomic E-state index is 14.7. The molecule has 3 unspecified atom stereocenters. The molecule has 3 atom stereocenters. The fourth-order valence-electron chi connectivity index (χ4n) is 5.44. The van der Waals surface area contributed by atoms with Crippen LogP contribution in [0.5, 0.6) is 0 Å². The molecule has 0 radical (unpaired) electrons. The highest BCUT2D eigenvalue weighted by molar-refractivity contribution is 7.92. The average molecular weight is 666 g/mol. The third kappa shape index (κ3) is 6.80. The molecule has 1 aromatic carbocycles. The Balaban J connectivity index is 0.00000442. The number of fused-ring (bicyclic) bond motifs is 1. The van der Waals surface area contributed by atoms with E-state index in [0.29, 0.717) is 41.2 Å². The Morgan fingerprint density at radius 2 is 1.82 bits per heavy atom. The Bertz CT molecular complexity index is 1840. The molecule has 3 aromatic heterocycles. The van der Waals surface area contributed by atoms with E-state index in [4.69, 9.17) is 11.6 Å². The van der Waals surface area contributed by atoms with Crippen molar-refractivity contribution in [2.75, 3.05) is 24.1 Å². The van der Waals surface area contributed by atoms with Crippen LogP contribution in [0, 0.1) is 6.92 Å². The number of rotatable bonds is 8. The molecule has 236 valence electrons. The van der Waals surface area contributed by atoms with E-state index < -0.39 is 16.2 Å². The topological polar surface area (TPSA) is 135 Å². The van der Waals surface area contributed by atoms with E-state index in [9.17, 15) is 17.6 Å². The van der Waals surface area contributed by atoms with E-state index in [2.05, 4.69) is 30.0 Å². The van der Waals surface area contributed by atoms with E-state index in [1.54, 1.807) is 35.9 Å². The van der Waals surface area contributed by atoms with Crippen LogP contribution in [0.1, 0.15) is 44.8 Å². The van der Waals surface area contributed by atoms with Crippen LogP contribution >= 0.6 is 24.0 Å². The number of pyridine rings is 1. The number of nitrogens with zero attached hydrogens (tertiary/aromatic N) is 6. The first-order chi connectivity index (χ1) is 20.4. The monoisotopic (exact) mass is 664 g/mol. The minimum atomic E-state index is -3.99. The largest absolute Gasteiger partial charge is 0.351 e. The molecule has 2 N–H and O–H groups in total. The zero-order valence-electron chi connectivity index (χ0n) is 25.0. The van der Waals surface area contributed by atoms with Crippen LogP contribution in [0.25, 0.3) is 22.4 Å². The highest BCUT2D eigenvalue weighted by Crippen LogP contribution is 2.28. The summed E-state index contributed by atoms with van der Waals surface area (Å²) in [5.41, 5.74) is 1.35. The van der Waals surface area contributed by atoms with Gasteiger partial charge in [-0.25, -0.2) is 27.8 Å². The molecule has 0 bridgehead atoms. The molecule has 1 aliphatic carbocycles. The summed E-state index contributed by atoms with van der Waals surface area (Å²) in [5, 5.41) is 3.33. The van der Waals surface area contributed by atoms with Crippen molar-refractivity contribution in [1.29, 1.82) is 0 Å². The van der Waals surface area contributed by atoms with Crippen molar-refractivity contribution < 1.29 is 12.8 Å². The molecule has 1 aliphatic rings. The first kappa shape index (κ1) is 33.5. The molecule has 0 aliphatic heterocycles. The molecule has 4 aromatic rings. The summed E-state index contributed by atoms with van der Waals surface area (Å²) in [6.45, 7) is 5.40. The number of aromatic nitrogens is 5. The Kier molecular flexibility index (Phi) is 10.1. The smallest absolute Gasteiger partial charge is 0.279 e. The zero-order valence-corrected chi connectivity index (χ0v) is 27.3. The number of aryl methyl sites for hydroxylation is 1. The lowest BCUT2D eigenvalue weighted by Gasteiger charge is -2.35. The average Bonchev–Trinajstić information content (AvgIpc) is 2.92. The van der Waals surface area contributed by atoms with Gasteiger partial charge in [0.1, 0.15) is 28.1 Å². The number of hydrogen-bond donors (Lipinski definition) is 2. The SMILES string of the molecule is Cc1nc(NS(=O)(=O)c2ccccc2Cl)ccc1-c1nc2cnc(NC3CCC(N(C)C)C(F)C3)nc2n(C(C)C)c1=O.Cl. The summed E-state index contributed by atoms with van der Waals surface area (Å²) >= 11 is 6.08. The van der Waals surface area contributed by atoms with Crippen LogP contribution in [0.4, 0.5) is 16.2 Å². The molecule has 44 heavy (non-hydrogen) atoms. The van der Waals surface area contributed by atoms with Crippen molar-refractivity contribution in [3.63, 3.8) is 0 Å². The van der Waals surface area contributed by atoms with Gasteiger partial charge in [-0.3, -0.25) is 14.1 Å². The number of alkyl halides is 1. The van der Waals surface area contributed by atoms with Crippen molar-refractivity contribution in [3.8, 4) is 11.3 Å². The molecule has 3 heterocycles. The lowest BCUT2D eigenvalue weighted by molar-refractivity contribution is 0.109. The maximum Gasteiger partial charge on any atom is 0.279 e. The molecule has 0 saturated heterocycles. The van der Waals surface area contributed by atoms with Crippen LogP contribution < -0.4 is 15.6 Å². The highest BCUT2D eigenvalue weighted by Gasteiger charge is 2.32. The number of hydrogen-bond acceptors (Lipinski definition) is 9. The normalized spacial score (nSPS) is 18.8. The third-order valence-corrected chi connectivity index (χ3v) is 9.44. The van der Waals surface area contributed by atoms with Gasteiger partial charge in [-0.2, -0.15) is 4.98 Å². The Morgan fingerprint density at radius 3 is 2.45 bits per heavy atom. The van der Waals surface area contributed by atoms with Crippen molar-refractivity contribution in [2.24, 2.45) is 0 Å². The van der Waals surface area contributed by atoms with E-state index in [-0.39, 0.29) is 57.5 Å². The summed E-state index contributed by atoms with van der Waals surface area (Å²) in [6, 6.07) is 8.66. The van der Waals surface area contributed by atoms with Gasteiger partial charge >= 0.3 is 0 Å². The number of halogens is 3. The molecule has 0 spiro atoms. The first-order valence-corrected chi connectivity index (χ1v) is 15.8. The van der Waals surface area contributed by atoms with Gasteiger partial charge in [0.2, 0.25) is 5.95 Å². The third-order valence-electron chi connectivity index (χ3n) is 7.59. The second-order valence-corrected chi connectivity index (χ2v) is 13.3. The Morgan fingerprint density at radius 1 is 1.09 bits per heavy atom. The Hall–Kier alpha value is -3.39. The van der Waals surface area contributed by atoms with E-state index in [0.717, 1.165) is 6.42 Å². The van der Waals surface area contributed by atoms with E-state index in [1.165, 1.54) is 18.2 Å². The quantitative estimate of drug-likeness (QED) is 0.259. The van der Waals surface area contributed by atoms with Crippen LogP contribution in [0.3, 0.4) is 0 Å². The molecular formula is C29H35Cl2FN8O3S. The fourth-order valence-corrected chi connectivity index (χ4v) is 6.97. The maximum atomic E-state index is 14.7. The number of sulfonamides is 1. The van der Waals surface area contributed by atoms with Gasteiger partial charge in [0.15, 0.2) is 5.65 Å². The van der Waals surface area contributed by atoms with E-state index >= 15 is 0 Å². The summed E-state index contributed by atoms with van der Waals surface area (Å²) in [5.74, 6) is 0.379. The van der Waals surface area contributed by atoms with Gasteiger partial charge < -0.3 is 10.2 Å². The van der Waals surface area contributed by atoms with E-state index in [1.807, 2.05) is 32.8 Å². The van der Waals surface area contributed by atoms with Crippen LogP contribution in [0.15, 0.2) is 52.3 Å². The second-order valence-electron chi connectivity index (χ2n) is 11.2. The zero-order chi connectivity index (χ0) is 31.1. The van der Waals surface area contributed by atoms with Gasteiger partial charge in [0, 0.05) is 35.8 Å². The van der Waals surface area contributed by atoms with Crippen molar-refractivity contribution in [2.45, 2.75) is 69.2 Å². The van der Waals surface area contributed by atoms with Crippen molar-refractivity contribution in [1.82, 2.24) is 29.4 Å².